The topological polar surface area (TPSA) is 83.5 Å². The lowest BCUT2D eigenvalue weighted by Crippen LogP contribution is -2.27. The van der Waals surface area contributed by atoms with Crippen molar-refractivity contribution in [3.05, 3.63) is 48.2 Å². The molecule has 0 aliphatic rings. The van der Waals surface area contributed by atoms with Gasteiger partial charge < -0.3 is 20.5 Å². The van der Waals surface area contributed by atoms with Gasteiger partial charge in [0.2, 0.25) is 0 Å². The number of benzene rings is 1. The first kappa shape index (κ1) is 14.8. The van der Waals surface area contributed by atoms with E-state index in [-0.39, 0.29) is 19.1 Å². The number of hydrogen-bond acceptors (Lipinski definition) is 5. The molecule has 3 N–H and O–H groups in total. The first-order valence-electron chi connectivity index (χ1n) is 6.50. The molecule has 1 aromatic carbocycles. The molecule has 0 saturated heterocycles. The summed E-state index contributed by atoms with van der Waals surface area (Å²) >= 11 is 0. The predicted molar refractivity (Wildman–Crippen MR) is 79.9 cm³/mol. The molecule has 1 aromatic heterocycles. The largest absolute Gasteiger partial charge is 0.495 e. The Morgan fingerprint density at radius 3 is 2.86 bits per heavy atom. The van der Waals surface area contributed by atoms with E-state index in [1.54, 1.807) is 25.4 Å². The molecule has 0 aliphatic carbocycles. The number of carbonyl (C=O) groups is 1. The number of nitrogens with zero attached hydrogens (tertiary/aromatic N) is 1. The van der Waals surface area contributed by atoms with Crippen molar-refractivity contribution in [1.82, 2.24) is 10.3 Å². The van der Waals surface area contributed by atoms with E-state index in [1.165, 1.54) is 0 Å². The zero-order valence-electron chi connectivity index (χ0n) is 11.7. The normalized spacial score (nSPS) is 10.0. The third kappa shape index (κ3) is 3.70. The van der Waals surface area contributed by atoms with E-state index < -0.39 is 0 Å². The Kier molecular flexibility index (Phi) is 5.11. The van der Waals surface area contributed by atoms with Crippen LogP contribution >= 0.6 is 0 Å². The maximum atomic E-state index is 12.0. The summed E-state index contributed by atoms with van der Waals surface area (Å²) in [6, 6.07) is 10.7. The summed E-state index contributed by atoms with van der Waals surface area (Å²) in [6.07, 6.45) is 1.60. The molecule has 0 unspecified atom stereocenters. The van der Waals surface area contributed by atoms with E-state index in [1.807, 2.05) is 24.3 Å². The van der Waals surface area contributed by atoms with Crippen LogP contribution in [0.25, 0.3) is 0 Å². The van der Waals surface area contributed by atoms with Gasteiger partial charge in [0.15, 0.2) is 0 Å². The van der Waals surface area contributed by atoms with Crippen LogP contribution in [0.1, 0.15) is 10.4 Å². The quantitative estimate of drug-likeness (QED) is 0.751. The van der Waals surface area contributed by atoms with Crippen LogP contribution in [0.15, 0.2) is 42.6 Å². The summed E-state index contributed by atoms with van der Waals surface area (Å²) in [6.45, 7) is 0.0864. The monoisotopic (exact) mass is 287 g/mol. The highest BCUT2D eigenvalue weighted by atomic mass is 16.5. The molecule has 2 aromatic rings. The number of carbonyl (C=O) groups excluding carboxylic acids is 1. The van der Waals surface area contributed by atoms with Gasteiger partial charge >= 0.3 is 0 Å². The van der Waals surface area contributed by atoms with Gasteiger partial charge in [0.1, 0.15) is 11.6 Å². The van der Waals surface area contributed by atoms with E-state index >= 15 is 0 Å². The molecule has 110 valence electrons. The van der Waals surface area contributed by atoms with Gasteiger partial charge in [0.05, 0.1) is 25.0 Å². The summed E-state index contributed by atoms with van der Waals surface area (Å²) in [7, 11) is 1.58. The molecular weight excluding hydrogens is 270 g/mol. The lowest BCUT2D eigenvalue weighted by atomic mass is 10.2. The fourth-order valence-corrected chi connectivity index (χ4v) is 1.83. The number of aliphatic hydroxyl groups excluding tert-OH is 1. The number of para-hydroxylation sites is 2. The third-order valence-electron chi connectivity index (χ3n) is 2.81. The second-order valence-electron chi connectivity index (χ2n) is 4.20. The molecule has 0 atom stereocenters. The van der Waals surface area contributed by atoms with Crippen molar-refractivity contribution in [3.63, 3.8) is 0 Å². The van der Waals surface area contributed by atoms with Crippen LogP contribution in [0.5, 0.6) is 5.75 Å². The average molecular weight is 287 g/mol. The molecule has 2 rings (SSSR count). The Hall–Kier alpha value is -2.60. The number of methoxy groups -OCH3 is 1. The van der Waals surface area contributed by atoms with E-state index in [0.717, 1.165) is 5.69 Å². The van der Waals surface area contributed by atoms with Crippen molar-refractivity contribution in [2.24, 2.45) is 0 Å². The van der Waals surface area contributed by atoms with Crippen LogP contribution in [0.4, 0.5) is 11.5 Å². The molecule has 0 fully saturated rings. The Labute approximate surface area is 122 Å². The maximum absolute atomic E-state index is 12.0. The standard InChI is InChI=1S/C15H17N3O3/c1-21-13-7-3-2-6-12(13)18-14-11(5-4-8-16-14)15(20)17-9-10-19/h2-8,19H,9-10H2,1H3,(H,16,18)(H,17,20). The van der Waals surface area contributed by atoms with E-state index in [4.69, 9.17) is 9.84 Å². The summed E-state index contributed by atoms with van der Waals surface area (Å²) in [5, 5.41) is 14.5. The van der Waals surface area contributed by atoms with Gasteiger partial charge in [-0.15, -0.1) is 0 Å². The minimum Gasteiger partial charge on any atom is -0.495 e. The number of nitrogens with one attached hydrogen (secondary N) is 2. The Bertz CT molecular complexity index is 617. The number of pyridine rings is 1. The molecule has 1 amide bonds. The minimum atomic E-state index is -0.297. The van der Waals surface area contributed by atoms with Crippen LogP contribution in [0.3, 0.4) is 0 Å². The highest BCUT2D eigenvalue weighted by molar-refractivity contribution is 5.99. The van der Waals surface area contributed by atoms with Crippen molar-refractivity contribution >= 4 is 17.4 Å². The molecular formula is C15H17N3O3. The number of ether oxygens (including phenoxy) is 1. The second-order valence-corrected chi connectivity index (χ2v) is 4.20. The second kappa shape index (κ2) is 7.25. The number of rotatable bonds is 6. The predicted octanol–water partition coefficient (Wildman–Crippen LogP) is 1.56. The summed E-state index contributed by atoms with van der Waals surface area (Å²) in [5.74, 6) is 0.789. The maximum Gasteiger partial charge on any atom is 0.255 e. The van der Waals surface area contributed by atoms with Crippen LogP contribution in [-0.2, 0) is 0 Å². The summed E-state index contributed by atoms with van der Waals surface area (Å²) in [4.78, 5) is 16.2. The fourth-order valence-electron chi connectivity index (χ4n) is 1.83. The summed E-state index contributed by atoms with van der Waals surface area (Å²) in [5.41, 5.74) is 1.12. The highest BCUT2D eigenvalue weighted by Gasteiger charge is 2.13. The molecule has 0 radical (unpaired) electrons. The van der Waals surface area contributed by atoms with E-state index in [0.29, 0.717) is 17.1 Å². The molecule has 0 bridgehead atoms. The number of aromatic nitrogens is 1. The lowest BCUT2D eigenvalue weighted by Gasteiger charge is -2.13. The average Bonchev–Trinajstić information content (AvgIpc) is 2.53. The molecule has 0 spiro atoms. The molecule has 1 heterocycles. The van der Waals surface area contributed by atoms with E-state index in [9.17, 15) is 4.79 Å². The zero-order chi connectivity index (χ0) is 15.1. The fraction of sp³-hybridized carbons (Fsp3) is 0.200. The number of aliphatic hydroxyl groups is 1. The van der Waals surface area contributed by atoms with Gasteiger partial charge in [-0.3, -0.25) is 4.79 Å². The lowest BCUT2D eigenvalue weighted by molar-refractivity contribution is 0.0945. The number of amides is 1. The van der Waals surface area contributed by atoms with E-state index in [2.05, 4.69) is 15.6 Å². The van der Waals surface area contributed by atoms with Gasteiger partial charge in [-0.25, -0.2) is 4.98 Å². The van der Waals surface area contributed by atoms with Crippen molar-refractivity contribution in [2.75, 3.05) is 25.6 Å². The molecule has 6 heteroatoms. The number of anilines is 2. The van der Waals surface area contributed by atoms with Gasteiger partial charge in [0, 0.05) is 12.7 Å². The zero-order valence-corrected chi connectivity index (χ0v) is 11.7. The summed E-state index contributed by atoms with van der Waals surface area (Å²) < 4.78 is 5.26. The molecule has 6 nitrogen and oxygen atoms in total. The Balaban J connectivity index is 2.26. The van der Waals surface area contributed by atoms with Gasteiger partial charge in [-0.05, 0) is 24.3 Å². The van der Waals surface area contributed by atoms with Crippen molar-refractivity contribution in [3.8, 4) is 5.75 Å². The smallest absolute Gasteiger partial charge is 0.255 e. The molecule has 21 heavy (non-hydrogen) atoms. The van der Waals surface area contributed by atoms with Gasteiger partial charge in [-0.2, -0.15) is 0 Å². The third-order valence-corrected chi connectivity index (χ3v) is 2.81. The first-order chi connectivity index (χ1) is 10.3. The van der Waals surface area contributed by atoms with Gasteiger partial charge in [-0.1, -0.05) is 12.1 Å². The van der Waals surface area contributed by atoms with Crippen molar-refractivity contribution in [2.45, 2.75) is 0 Å². The van der Waals surface area contributed by atoms with Crippen molar-refractivity contribution < 1.29 is 14.6 Å². The van der Waals surface area contributed by atoms with Crippen LogP contribution in [0, 0.1) is 0 Å². The molecule has 0 aliphatic heterocycles. The van der Waals surface area contributed by atoms with Crippen molar-refractivity contribution in [1.29, 1.82) is 0 Å². The first-order valence-corrected chi connectivity index (χ1v) is 6.50. The minimum absolute atomic E-state index is 0.110. The van der Waals surface area contributed by atoms with Gasteiger partial charge in [0.25, 0.3) is 5.91 Å². The van der Waals surface area contributed by atoms with Crippen LogP contribution in [0.2, 0.25) is 0 Å². The highest BCUT2D eigenvalue weighted by Crippen LogP contribution is 2.27. The SMILES string of the molecule is COc1ccccc1Nc1ncccc1C(=O)NCCO. The van der Waals surface area contributed by atoms with Crippen LogP contribution < -0.4 is 15.4 Å². The Morgan fingerprint density at radius 1 is 1.29 bits per heavy atom. The number of hydrogen-bond donors (Lipinski definition) is 3. The Morgan fingerprint density at radius 2 is 2.10 bits per heavy atom. The van der Waals surface area contributed by atoms with Crippen LogP contribution in [-0.4, -0.2) is 36.3 Å². The molecule has 0 saturated carbocycles.